The summed E-state index contributed by atoms with van der Waals surface area (Å²) in [6.07, 6.45) is 3.44. The van der Waals surface area contributed by atoms with Gasteiger partial charge < -0.3 is 9.26 Å². The Balaban J connectivity index is 1.65. The van der Waals surface area contributed by atoms with Crippen LogP contribution in [-0.4, -0.2) is 17.2 Å². The number of hydrogen-bond donors (Lipinski definition) is 1. The maximum atomic E-state index is 12.3. The third-order valence-electron chi connectivity index (χ3n) is 4.36. The van der Waals surface area contributed by atoms with Gasteiger partial charge in [0.1, 0.15) is 5.75 Å². The van der Waals surface area contributed by atoms with E-state index >= 15 is 0 Å². The lowest BCUT2D eigenvalue weighted by atomic mass is 9.98. The van der Waals surface area contributed by atoms with Gasteiger partial charge in [-0.2, -0.15) is 0 Å². The molecule has 1 N–H and O–H groups in total. The third-order valence-corrected chi connectivity index (χ3v) is 4.36. The van der Waals surface area contributed by atoms with Crippen LogP contribution in [0.3, 0.4) is 0 Å². The highest BCUT2D eigenvalue weighted by Gasteiger charge is 2.23. The van der Waals surface area contributed by atoms with Crippen molar-refractivity contribution >= 4 is 11.8 Å². The minimum absolute atomic E-state index is 0.229. The minimum atomic E-state index is -0.610. The van der Waals surface area contributed by atoms with Crippen molar-refractivity contribution < 1.29 is 14.1 Å². The molecular formula is C18H22N2O3. The molecule has 1 aromatic heterocycles. The zero-order chi connectivity index (χ0) is 16.4. The molecule has 1 aliphatic carbocycles. The summed E-state index contributed by atoms with van der Waals surface area (Å²) in [6.45, 7) is 5.80. The SMILES string of the molecule is Cc1ccc(OC(C)C(=O)Nc2onc3c2CCCC3)cc1C. The summed E-state index contributed by atoms with van der Waals surface area (Å²) in [4.78, 5) is 12.3. The van der Waals surface area contributed by atoms with Gasteiger partial charge in [-0.05, 0) is 69.7 Å². The van der Waals surface area contributed by atoms with Crippen molar-refractivity contribution in [1.29, 1.82) is 0 Å². The summed E-state index contributed by atoms with van der Waals surface area (Å²) in [5.41, 5.74) is 4.33. The number of rotatable bonds is 4. The van der Waals surface area contributed by atoms with Gasteiger partial charge in [0, 0.05) is 5.56 Å². The number of anilines is 1. The number of nitrogens with zero attached hydrogens (tertiary/aromatic N) is 1. The molecule has 1 heterocycles. The summed E-state index contributed by atoms with van der Waals surface area (Å²) in [6, 6.07) is 5.81. The fraction of sp³-hybridized carbons (Fsp3) is 0.444. The monoisotopic (exact) mass is 314 g/mol. The quantitative estimate of drug-likeness (QED) is 0.937. The van der Waals surface area contributed by atoms with Crippen LogP contribution in [0.15, 0.2) is 22.7 Å². The molecule has 0 spiro atoms. The van der Waals surface area contributed by atoms with E-state index in [2.05, 4.69) is 10.5 Å². The van der Waals surface area contributed by atoms with Crippen molar-refractivity contribution in [2.45, 2.75) is 52.6 Å². The molecule has 0 radical (unpaired) electrons. The van der Waals surface area contributed by atoms with E-state index in [1.807, 2.05) is 32.0 Å². The molecular weight excluding hydrogens is 292 g/mol. The fourth-order valence-corrected chi connectivity index (χ4v) is 2.75. The summed E-state index contributed by atoms with van der Waals surface area (Å²) in [7, 11) is 0. The number of aromatic nitrogens is 1. The third kappa shape index (κ3) is 3.38. The van der Waals surface area contributed by atoms with Crippen LogP contribution in [0.2, 0.25) is 0 Å². The summed E-state index contributed by atoms with van der Waals surface area (Å²) >= 11 is 0. The zero-order valence-electron chi connectivity index (χ0n) is 13.8. The largest absolute Gasteiger partial charge is 0.481 e. The lowest BCUT2D eigenvalue weighted by Crippen LogP contribution is -2.30. The molecule has 1 aromatic carbocycles. The lowest BCUT2D eigenvalue weighted by molar-refractivity contribution is -0.122. The zero-order valence-corrected chi connectivity index (χ0v) is 13.8. The Kier molecular flexibility index (Phi) is 4.37. The van der Waals surface area contributed by atoms with Crippen molar-refractivity contribution in [3.05, 3.63) is 40.6 Å². The van der Waals surface area contributed by atoms with Gasteiger partial charge in [0.15, 0.2) is 6.10 Å². The Morgan fingerprint density at radius 3 is 2.83 bits per heavy atom. The van der Waals surface area contributed by atoms with E-state index in [1.54, 1.807) is 6.92 Å². The normalized spacial score (nSPS) is 14.9. The molecule has 0 fully saturated rings. The van der Waals surface area contributed by atoms with E-state index in [-0.39, 0.29) is 5.91 Å². The Morgan fingerprint density at radius 2 is 2.04 bits per heavy atom. The molecule has 0 saturated heterocycles. The van der Waals surface area contributed by atoms with Crippen LogP contribution in [0.4, 0.5) is 5.88 Å². The first kappa shape index (κ1) is 15.6. The second-order valence-electron chi connectivity index (χ2n) is 6.14. The molecule has 1 amide bonds. The number of fused-ring (bicyclic) bond motifs is 1. The standard InChI is InChI=1S/C18H22N2O3/c1-11-8-9-14(10-12(11)2)22-13(3)17(21)19-18-15-6-4-5-7-16(15)20-23-18/h8-10,13H,4-7H2,1-3H3,(H,19,21). The number of carbonyl (C=O) groups is 1. The van der Waals surface area contributed by atoms with E-state index in [9.17, 15) is 4.79 Å². The molecule has 1 aliphatic rings. The van der Waals surface area contributed by atoms with Crippen LogP contribution >= 0.6 is 0 Å². The van der Waals surface area contributed by atoms with E-state index in [4.69, 9.17) is 9.26 Å². The van der Waals surface area contributed by atoms with Crippen LogP contribution in [0.1, 0.15) is 42.1 Å². The highest BCUT2D eigenvalue weighted by Crippen LogP contribution is 2.27. The lowest BCUT2D eigenvalue weighted by Gasteiger charge is -2.15. The second kappa shape index (κ2) is 6.44. The van der Waals surface area contributed by atoms with Crippen LogP contribution in [0, 0.1) is 13.8 Å². The number of carbonyl (C=O) groups excluding carboxylic acids is 1. The fourth-order valence-electron chi connectivity index (χ4n) is 2.75. The predicted molar refractivity (Wildman–Crippen MR) is 87.8 cm³/mol. The average molecular weight is 314 g/mol. The molecule has 3 rings (SSSR count). The Hall–Kier alpha value is -2.30. The molecule has 5 nitrogen and oxygen atoms in total. The number of ether oxygens (including phenoxy) is 1. The Morgan fingerprint density at radius 1 is 1.26 bits per heavy atom. The van der Waals surface area contributed by atoms with Crippen molar-refractivity contribution in [2.24, 2.45) is 0 Å². The van der Waals surface area contributed by atoms with Gasteiger partial charge in [0.2, 0.25) is 5.88 Å². The van der Waals surface area contributed by atoms with Gasteiger partial charge in [-0.25, -0.2) is 0 Å². The second-order valence-corrected chi connectivity index (χ2v) is 6.14. The van der Waals surface area contributed by atoms with Crippen LogP contribution in [0.5, 0.6) is 5.75 Å². The summed E-state index contributed by atoms with van der Waals surface area (Å²) in [5, 5.41) is 6.85. The van der Waals surface area contributed by atoms with Crippen molar-refractivity contribution in [1.82, 2.24) is 5.16 Å². The summed E-state index contributed by atoms with van der Waals surface area (Å²) in [5.74, 6) is 0.934. The molecule has 0 aliphatic heterocycles. The first-order chi connectivity index (χ1) is 11.0. The van der Waals surface area contributed by atoms with Crippen LogP contribution in [-0.2, 0) is 17.6 Å². The van der Waals surface area contributed by atoms with Gasteiger partial charge in [0.25, 0.3) is 5.91 Å². The summed E-state index contributed by atoms with van der Waals surface area (Å²) < 4.78 is 11.0. The molecule has 5 heteroatoms. The maximum Gasteiger partial charge on any atom is 0.267 e. The Labute approximate surface area is 136 Å². The topological polar surface area (TPSA) is 64.4 Å². The number of amides is 1. The number of benzene rings is 1. The maximum absolute atomic E-state index is 12.3. The highest BCUT2D eigenvalue weighted by atomic mass is 16.5. The van der Waals surface area contributed by atoms with E-state index in [0.717, 1.165) is 42.5 Å². The van der Waals surface area contributed by atoms with Crippen molar-refractivity contribution in [3.8, 4) is 5.75 Å². The van der Waals surface area contributed by atoms with E-state index in [0.29, 0.717) is 11.6 Å². The van der Waals surface area contributed by atoms with Gasteiger partial charge >= 0.3 is 0 Å². The van der Waals surface area contributed by atoms with Gasteiger partial charge in [0.05, 0.1) is 5.69 Å². The first-order valence-corrected chi connectivity index (χ1v) is 8.07. The molecule has 2 aromatic rings. The predicted octanol–water partition coefficient (Wildman–Crippen LogP) is 3.58. The molecule has 0 bridgehead atoms. The minimum Gasteiger partial charge on any atom is -0.481 e. The first-order valence-electron chi connectivity index (χ1n) is 8.07. The number of hydrogen-bond acceptors (Lipinski definition) is 4. The molecule has 1 atom stereocenters. The van der Waals surface area contributed by atoms with Crippen molar-refractivity contribution in [2.75, 3.05) is 5.32 Å². The molecule has 23 heavy (non-hydrogen) atoms. The van der Waals surface area contributed by atoms with Gasteiger partial charge in [-0.15, -0.1) is 0 Å². The van der Waals surface area contributed by atoms with Crippen LogP contribution in [0.25, 0.3) is 0 Å². The number of aryl methyl sites for hydroxylation is 3. The van der Waals surface area contributed by atoms with E-state index < -0.39 is 6.10 Å². The van der Waals surface area contributed by atoms with E-state index in [1.165, 1.54) is 5.56 Å². The van der Waals surface area contributed by atoms with Gasteiger partial charge in [-0.3, -0.25) is 10.1 Å². The smallest absolute Gasteiger partial charge is 0.267 e. The highest BCUT2D eigenvalue weighted by molar-refractivity contribution is 5.93. The number of nitrogens with one attached hydrogen (secondary N) is 1. The molecule has 0 saturated carbocycles. The molecule has 1 unspecified atom stereocenters. The van der Waals surface area contributed by atoms with Gasteiger partial charge in [-0.1, -0.05) is 11.2 Å². The van der Waals surface area contributed by atoms with Crippen LogP contribution < -0.4 is 10.1 Å². The molecule has 122 valence electrons. The Bertz CT molecular complexity index is 721. The average Bonchev–Trinajstić information content (AvgIpc) is 2.94. The van der Waals surface area contributed by atoms with Crippen molar-refractivity contribution in [3.63, 3.8) is 0 Å².